The van der Waals surface area contributed by atoms with Crippen LogP contribution in [0.3, 0.4) is 0 Å². The Morgan fingerprint density at radius 1 is 0.929 bits per heavy atom. The van der Waals surface area contributed by atoms with E-state index in [-0.39, 0.29) is 5.56 Å². The smallest absolute Gasteiger partial charge is 0.266 e. The number of hydrogen-bond donors (Lipinski definition) is 1. The number of pyridine rings is 1. The van der Waals surface area contributed by atoms with Crippen LogP contribution in [0.1, 0.15) is 12.5 Å². The second kappa shape index (κ2) is 7.42. The first-order valence-corrected chi connectivity index (χ1v) is 9.10. The molecule has 1 N–H and O–H groups in total. The van der Waals surface area contributed by atoms with E-state index < -0.39 is 5.56 Å². The van der Waals surface area contributed by atoms with Gasteiger partial charge in [0, 0.05) is 16.8 Å². The van der Waals surface area contributed by atoms with Gasteiger partial charge in [-0.05, 0) is 41.5 Å². The normalized spacial score (nSPS) is 10.6. The number of H-pyrrole nitrogens is 1. The summed E-state index contributed by atoms with van der Waals surface area (Å²) in [6, 6.07) is 25.4. The van der Waals surface area contributed by atoms with E-state index in [1.807, 2.05) is 85.8 Å². The summed E-state index contributed by atoms with van der Waals surface area (Å²) in [5.41, 5.74) is 2.52. The predicted octanol–water partition coefficient (Wildman–Crippen LogP) is 5.13. The van der Waals surface area contributed by atoms with E-state index in [1.54, 1.807) is 0 Å². The molecule has 0 amide bonds. The molecule has 4 rings (SSSR count). The standard InChI is InChI=1S/C24H18N2O2/c1-2-28-23-10-6-5-9-19(23)20-14-22(26-24(27)21(20)15-25)18-12-11-16-7-3-4-8-17(16)13-18/h3-14H,2H2,1H3,(H,26,27). The van der Waals surface area contributed by atoms with E-state index >= 15 is 0 Å². The number of hydrogen-bond acceptors (Lipinski definition) is 3. The topological polar surface area (TPSA) is 65.9 Å². The van der Waals surface area contributed by atoms with Crippen LogP contribution in [0.15, 0.2) is 77.6 Å². The zero-order valence-electron chi connectivity index (χ0n) is 15.4. The summed E-state index contributed by atoms with van der Waals surface area (Å²) in [5.74, 6) is 0.650. The molecule has 4 heteroatoms. The van der Waals surface area contributed by atoms with Crippen molar-refractivity contribution < 1.29 is 4.74 Å². The molecule has 0 radical (unpaired) electrons. The van der Waals surface area contributed by atoms with Crippen molar-refractivity contribution >= 4 is 10.8 Å². The molecule has 0 unspecified atom stereocenters. The van der Waals surface area contributed by atoms with Gasteiger partial charge in [-0.2, -0.15) is 5.26 Å². The molecule has 136 valence electrons. The summed E-state index contributed by atoms with van der Waals surface area (Å²) < 4.78 is 5.71. The van der Waals surface area contributed by atoms with Crippen molar-refractivity contribution in [1.29, 1.82) is 5.26 Å². The minimum absolute atomic E-state index is 0.0803. The quantitative estimate of drug-likeness (QED) is 0.544. The van der Waals surface area contributed by atoms with Crippen molar-refractivity contribution in [2.45, 2.75) is 6.92 Å². The maximum absolute atomic E-state index is 12.7. The summed E-state index contributed by atoms with van der Waals surface area (Å²) in [6.45, 7) is 2.40. The predicted molar refractivity (Wildman–Crippen MR) is 111 cm³/mol. The zero-order chi connectivity index (χ0) is 19.5. The Kier molecular flexibility index (Phi) is 4.65. The maximum Gasteiger partial charge on any atom is 0.266 e. The molecule has 0 aliphatic carbocycles. The highest BCUT2D eigenvalue weighted by molar-refractivity contribution is 5.87. The van der Waals surface area contributed by atoms with Crippen molar-refractivity contribution in [2.24, 2.45) is 0 Å². The number of benzene rings is 3. The number of nitriles is 1. The molecule has 0 spiro atoms. The molecule has 1 aromatic heterocycles. The Morgan fingerprint density at radius 3 is 2.46 bits per heavy atom. The van der Waals surface area contributed by atoms with Crippen LogP contribution >= 0.6 is 0 Å². The highest BCUT2D eigenvalue weighted by Gasteiger charge is 2.16. The Morgan fingerprint density at radius 2 is 1.68 bits per heavy atom. The SMILES string of the molecule is CCOc1ccccc1-c1cc(-c2ccc3ccccc3c2)[nH]c(=O)c1C#N. The number of rotatable bonds is 4. The van der Waals surface area contributed by atoms with Crippen LogP contribution in [0.5, 0.6) is 5.75 Å². The monoisotopic (exact) mass is 366 g/mol. The second-order valence-corrected chi connectivity index (χ2v) is 6.40. The van der Waals surface area contributed by atoms with Gasteiger partial charge in [-0.15, -0.1) is 0 Å². The van der Waals surface area contributed by atoms with Crippen molar-refractivity contribution in [3.63, 3.8) is 0 Å². The summed E-state index contributed by atoms with van der Waals surface area (Å²) in [7, 11) is 0. The van der Waals surface area contributed by atoms with Crippen LogP contribution in [0, 0.1) is 11.3 Å². The van der Waals surface area contributed by atoms with E-state index in [0.717, 1.165) is 21.9 Å². The summed E-state index contributed by atoms with van der Waals surface area (Å²) in [5, 5.41) is 11.8. The molecule has 0 saturated carbocycles. The summed E-state index contributed by atoms with van der Waals surface area (Å²) >= 11 is 0. The van der Waals surface area contributed by atoms with Crippen molar-refractivity contribution in [3.05, 3.63) is 88.7 Å². The lowest BCUT2D eigenvalue weighted by molar-refractivity contribution is 0.341. The lowest BCUT2D eigenvalue weighted by Crippen LogP contribution is -2.13. The van der Waals surface area contributed by atoms with Crippen LogP contribution < -0.4 is 10.3 Å². The minimum Gasteiger partial charge on any atom is -0.493 e. The third-order valence-corrected chi connectivity index (χ3v) is 4.68. The highest BCUT2D eigenvalue weighted by atomic mass is 16.5. The third-order valence-electron chi connectivity index (χ3n) is 4.68. The first kappa shape index (κ1) is 17.6. The highest BCUT2D eigenvalue weighted by Crippen LogP contribution is 2.33. The van der Waals surface area contributed by atoms with Crippen LogP contribution in [-0.4, -0.2) is 11.6 Å². The Bertz CT molecular complexity index is 1270. The van der Waals surface area contributed by atoms with Gasteiger partial charge in [-0.1, -0.05) is 54.6 Å². The number of aromatic amines is 1. The first-order valence-electron chi connectivity index (χ1n) is 9.10. The molecule has 28 heavy (non-hydrogen) atoms. The van der Waals surface area contributed by atoms with E-state index in [1.165, 1.54) is 0 Å². The molecule has 4 aromatic rings. The summed E-state index contributed by atoms with van der Waals surface area (Å²) in [6.07, 6.45) is 0. The molecular formula is C24H18N2O2. The van der Waals surface area contributed by atoms with Gasteiger partial charge in [-0.3, -0.25) is 4.79 Å². The molecule has 0 saturated heterocycles. The van der Waals surface area contributed by atoms with Gasteiger partial charge < -0.3 is 9.72 Å². The Hall–Kier alpha value is -3.84. The van der Waals surface area contributed by atoms with E-state index in [2.05, 4.69) is 4.98 Å². The maximum atomic E-state index is 12.7. The molecule has 0 aliphatic rings. The molecule has 0 aliphatic heterocycles. The molecule has 3 aromatic carbocycles. The largest absolute Gasteiger partial charge is 0.493 e. The van der Waals surface area contributed by atoms with Crippen molar-refractivity contribution in [3.8, 4) is 34.2 Å². The molecular weight excluding hydrogens is 348 g/mol. The van der Waals surface area contributed by atoms with E-state index in [0.29, 0.717) is 23.6 Å². The number of para-hydroxylation sites is 1. The minimum atomic E-state index is -0.408. The average Bonchev–Trinajstić information content (AvgIpc) is 2.73. The van der Waals surface area contributed by atoms with E-state index in [9.17, 15) is 10.1 Å². The third kappa shape index (κ3) is 3.15. The molecule has 0 bridgehead atoms. The van der Waals surface area contributed by atoms with Gasteiger partial charge in [0.15, 0.2) is 0 Å². The molecule has 0 fully saturated rings. The zero-order valence-corrected chi connectivity index (χ0v) is 15.4. The van der Waals surface area contributed by atoms with Gasteiger partial charge in [0.1, 0.15) is 17.4 Å². The first-order chi connectivity index (χ1) is 13.7. The molecule has 0 atom stereocenters. The van der Waals surface area contributed by atoms with Crippen LogP contribution in [0.25, 0.3) is 33.2 Å². The Labute approximate surface area is 162 Å². The van der Waals surface area contributed by atoms with E-state index in [4.69, 9.17) is 4.74 Å². The number of aromatic nitrogens is 1. The number of ether oxygens (including phenoxy) is 1. The Balaban J connectivity index is 1.94. The van der Waals surface area contributed by atoms with Gasteiger partial charge in [-0.25, -0.2) is 0 Å². The lowest BCUT2D eigenvalue weighted by atomic mass is 9.97. The second-order valence-electron chi connectivity index (χ2n) is 6.40. The van der Waals surface area contributed by atoms with Crippen LogP contribution in [-0.2, 0) is 0 Å². The fourth-order valence-electron chi connectivity index (χ4n) is 3.37. The lowest BCUT2D eigenvalue weighted by Gasteiger charge is -2.13. The van der Waals surface area contributed by atoms with Crippen molar-refractivity contribution in [2.75, 3.05) is 6.61 Å². The van der Waals surface area contributed by atoms with Crippen LogP contribution in [0.2, 0.25) is 0 Å². The van der Waals surface area contributed by atoms with Crippen LogP contribution in [0.4, 0.5) is 0 Å². The average molecular weight is 366 g/mol. The fourth-order valence-corrected chi connectivity index (χ4v) is 3.37. The van der Waals surface area contributed by atoms with Crippen molar-refractivity contribution in [1.82, 2.24) is 4.98 Å². The fraction of sp³-hybridized carbons (Fsp3) is 0.0833. The van der Waals surface area contributed by atoms with Gasteiger partial charge >= 0.3 is 0 Å². The summed E-state index contributed by atoms with van der Waals surface area (Å²) in [4.78, 5) is 15.5. The number of fused-ring (bicyclic) bond motifs is 1. The van der Waals surface area contributed by atoms with Gasteiger partial charge in [0.05, 0.1) is 6.61 Å². The number of nitrogens with one attached hydrogen (secondary N) is 1. The molecule has 1 heterocycles. The molecule has 4 nitrogen and oxygen atoms in total. The number of nitrogens with zero attached hydrogens (tertiary/aromatic N) is 1. The van der Waals surface area contributed by atoms with Gasteiger partial charge in [0.2, 0.25) is 0 Å². The van der Waals surface area contributed by atoms with Gasteiger partial charge in [0.25, 0.3) is 5.56 Å².